The molecule has 0 aliphatic heterocycles. The third-order valence-electron chi connectivity index (χ3n) is 4.36. The minimum absolute atomic E-state index is 0.0284. The second-order valence-corrected chi connectivity index (χ2v) is 6.29. The SMILES string of the molecule is COc1cccc(NC(=O)C2CC2C(=O)Nc2ccc(C(C)=O)cc2)c1. The Balaban J connectivity index is 1.54. The van der Waals surface area contributed by atoms with Crippen molar-refractivity contribution in [3.63, 3.8) is 0 Å². The molecule has 3 rings (SSSR count). The van der Waals surface area contributed by atoms with Crippen LogP contribution in [-0.4, -0.2) is 24.7 Å². The Kier molecular flexibility index (Phi) is 5.02. The number of carbonyl (C=O) groups is 3. The van der Waals surface area contributed by atoms with Gasteiger partial charge in [-0.1, -0.05) is 6.07 Å². The van der Waals surface area contributed by atoms with Crippen LogP contribution < -0.4 is 15.4 Å². The van der Waals surface area contributed by atoms with Crippen molar-refractivity contribution < 1.29 is 19.1 Å². The first-order valence-electron chi connectivity index (χ1n) is 8.34. The highest BCUT2D eigenvalue weighted by molar-refractivity contribution is 6.03. The van der Waals surface area contributed by atoms with Gasteiger partial charge in [-0.15, -0.1) is 0 Å². The van der Waals surface area contributed by atoms with Crippen LogP contribution in [-0.2, 0) is 9.59 Å². The molecule has 0 spiro atoms. The van der Waals surface area contributed by atoms with E-state index >= 15 is 0 Å². The minimum atomic E-state index is -0.340. The molecule has 1 aliphatic carbocycles. The van der Waals surface area contributed by atoms with E-state index in [4.69, 9.17) is 4.74 Å². The highest BCUT2D eigenvalue weighted by Crippen LogP contribution is 2.40. The molecule has 2 aromatic carbocycles. The fourth-order valence-electron chi connectivity index (χ4n) is 2.73. The summed E-state index contributed by atoms with van der Waals surface area (Å²) in [5.41, 5.74) is 1.84. The lowest BCUT2D eigenvalue weighted by Crippen LogP contribution is -2.20. The maximum Gasteiger partial charge on any atom is 0.228 e. The Hall–Kier alpha value is -3.15. The average molecular weight is 352 g/mol. The molecule has 2 unspecified atom stereocenters. The van der Waals surface area contributed by atoms with Crippen LogP contribution in [0.25, 0.3) is 0 Å². The van der Waals surface area contributed by atoms with Crippen molar-refractivity contribution in [1.82, 2.24) is 0 Å². The average Bonchev–Trinajstić information content (AvgIpc) is 3.43. The zero-order chi connectivity index (χ0) is 18.7. The molecule has 134 valence electrons. The number of carbonyl (C=O) groups excluding carboxylic acids is 3. The molecular weight excluding hydrogens is 332 g/mol. The second-order valence-electron chi connectivity index (χ2n) is 6.29. The number of hydrogen-bond donors (Lipinski definition) is 2. The number of rotatable bonds is 6. The Labute approximate surface area is 151 Å². The first-order chi connectivity index (χ1) is 12.5. The summed E-state index contributed by atoms with van der Waals surface area (Å²) in [7, 11) is 1.56. The topological polar surface area (TPSA) is 84.5 Å². The smallest absolute Gasteiger partial charge is 0.228 e. The molecule has 0 saturated heterocycles. The quantitative estimate of drug-likeness (QED) is 0.783. The van der Waals surface area contributed by atoms with Crippen molar-refractivity contribution in [2.45, 2.75) is 13.3 Å². The number of ether oxygens (including phenoxy) is 1. The summed E-state index contributed by atoms with van der Waals surface area (Å²) in [6.45, 7) is 1.49. The van der Waals surface area contributed by atoms with E-state index < -0.39 is 0 Å². The van der Waals surface area contributed by atoms with Crippen LogP contribution in [0.4, 0.5) is 11.4 Å². The Morgan fingerprint density at radius 2 is 1.54 bits per heavy atom. The molecule has 2 aromatic rings. The van der Waals surface area contributed by atoms with Gasteiger partial charge in [-0.05, 0) is 49.7 Å². The number of anilines is 2. The van der Waals surface area contributed by atoms with Crippen LogP contribution in [0.15, 0.2) is 48.5 Å². The number of ketones is 1. The van der Waals surface area contributed by atoms with Crippen molar-refractivity contribution in [1.29, 1.82) is 0 Å². The normalized spacial score (nSPS) is 17.9. The van der Waals surface area contributed by atoms with E-state index in [9.17, 15) is 14.4 Å². The number of nitrogens with one attached hydrogen (secondary N) is 2. The molecule has 0 radical (unpaired) electrons. The largest absolute Gasteiger partial charge is 0.497 e. The fourth-order valence-corrected chi connectivity index (χ4v) is 2.73. The van der Waals surface area contributed by atoms with Gasteiger partial charge < -0.3 is 15.4 Å². The van der Waals surface area contributed by atoms with Gasteiger partial charge in [0.25, 0.3) is 0 Å². The zero-order valence-corrected chi connectivity index (χ0v) is 14.6. The molecule has 0 aromatic heterocycles. The lowest BCUT2D eigenvalue weighted by atomic mass is 10.1. The molecule has 2 amide bonds. The van der Waals surface area contributed by atoms with Gasteiger partial charge in [-0.25, -0.2) is 0 Å². The maximum absolute atomic E-state index is 12.3. The summed E-state index contributed by atoms with van der Waals surface area (Å²) in [6.07, 6.45) is 0.521. The number of amides is 2. The van der Waals surface area contributed by atoms with Gasteiger partial charge in [0, 0.05) is 23.0 Å². The molecule has 0 heterocycles. The van der Waals surface area contributed by atoms with Crippen molar-refractivity contribution in [2.24, 2.45) is 11.8 Å². The van der Waals surface area contributed by atoms with Gasteiger partial charge in [-0.2, -0.15) is 0 Å². The summed E-state index contributed by atoms with van der Waals surface area (Å²) >= 11 is 0. The van der Waals surface area contributed by atoms with E-state index in [-0.39, 0.29) is 29.4 Å². The second kappa shape index (κ2) is 7.39. The highest BCUT2D eigenvalue weighted by atomic mass is 16.5. The molecule has 1 fully saturated rings. The number of methoxy groups -OCH3 is 1. The molecule has 26 heavy (non-hydrogen) atoms. The van der Waals surface area contributed by atoms with Crippen LogP contribution in [0.2, 0.25) is 0 Å². The predicted octanol–water partition coefficient (Wildman–Crippen LogP) is 3.11. The van der Waals surface area contributed by atoms with Gasteiger partial charge in [0.1, 0.15) is 5.75 Å². The summed E-state index contributed by atoms with van der Waals surface area (Å²) in [5.74, 6) is -0.413. The zero-order valence-electron chi connectivity index (χ0n) is 14.6. The van der Waals surface area contributed by atoms with Crippen LogP contribution in [0.5, 0.6) is 5.75 Å². The van der Waals surface area contributed by atoms with E-state index in [1.54, 1.807) is 55.6 Å². The third kappa shape index (κ3) is 4.08. The molecule has 6 nitrogen and oxygen atoms in total. The Morgan fingerprint density at radius 3 is 2.12 bits per heavy atom. The number of hydrogen-bond acceptors (Lipinski definition) is 4. The molecule has 6 heteroatoms. The van der Waals surface area contributed by atoms with Crippen molar-refractivity contribution in [3.8, 4) is 5.75 Å². The van der Waals surface area contributed by atoms with Crippen LogP contribution in [0, 0.1) is 11.8 Å². The molecule has 2 N–H and O–H groups in total. The molecular formula is C20H20N2O4. The summed E-state index contributed by atoms with van der Waals surface area (Å²) in [4.78, 5) is 35.8. The van der Waals surface area contributed by atoms with E-state index in [0.717, 1.165) is 0 Å². The van der Waals surface area contributed by atoms with Gasteiger partial charge in [0.2, 0.25) is 11.8 Å². The first kappa shape index (κ1) is 17.7. The molecule has 2 atom stereocenters. The predicted molar refractivity (Wildman–Crippen MR) is 98.3 cm³/mol. The van der Waals surface area contributed by atoms with Gasteiger partial charge in [-0.3, -0.25) is 14.4 Å². The van der Waals surface area contributed by atoms with E-state index in [1.165, 1.54) is 6.92 Å². The maximum atomic E-state index is 12.3. The van der Waals surface area contributed by atoms with Crippen LogP contribution in [0.1, 0.15) is 23.7 Å². The van der Waals surface area contributed by atoms with E-state index in [0.29, 0.717) is 29.1 Å². The molecule has 1 saturated carbocycles. The lowest BCUT2D eigenvalue weighted by molar-refractivity contribution is -0.122. The van der Waals surface area contributed by atoms with E-state index in [2.05, 4.69) is 10.6 Å². The number of benzene rings is 2. The Morgan fingerprint density at radius 1 is 0.923 bits per heavy atom. The van der Waals surface area contributed by atoms with Crippen LogP contribution >= 0.6 is 0 Å². The highest BCUT2D eigenvalue weighted by Gasteiger charge is 2.48. The lowest BCUT2D eigenvalue weighted by Gasteiger charge is -2.07. The molecule has 1 aliphatic rings. The van der Waals surface area contributed by atoms with Gasteiger partial charge >= 0.3 is 0 Å². The van der Waals surface area contributed by atoms with Crippen molar-refractivity contribution >= 4 is 29.0 Å². The first-order valence-corrected chi connectivity index (χ1v) is 8.34. The van der Waals surface area contributed by atoms with Gasteiger partial charge in [0.15, 0.2) is 5.78 Å². The summed E-state index contributed by atoms with van der Waals surface area (Å²) < 4.78 is 5.12. The Bertz CT molecular complexity index is 845. The van der Waals surface area contributed by atoms with Gasteiger partial charge in [0.05, 0.1) is 18.9 Å². The monoisotopic (exact) mass is 352 g/mol. The summed E-state index contributed by atoms with van der Waals surface area (Å²) in [6, 6.07) is 13.8. The third-order valence-corrected chi connectivity index (χ3v) is 4.36. The molecule has 0 bridgehead atoms. The standard InChI is InChI=1S/C20H20N2O4/c1-12(23)13-6-8-14(9-7-13)21-19(24)17-11-18(17)20(25)22-15-4-3-5-16(10-15)26-2/h3-10,17-18H,11H2,1-2H3,(H,21,24)(H,22,25). The fraction of sp³-hybridized carbons (Fsp3) is 0.250. The van der Waals surface area contributed by atoms with E-state index in [1.807, 2.05) is 0 Å². The summed E-state index contributed by atoms with van der Waals surface area (Å²) in [5, 5.41) is 5.60. The van der Waals surface area contributed by atoms with Crippen molar-refractivity contribution in [2.75, 3.05) is 17.7 Å². The van der Waals surface area contributed by atoms with Crippen LogP contribution in [0.3, 0.4) is 0 Å². The minimum Gasteiger partial charge on any atom is -0.497 e. The number of Topliss-reactive ketones (excluding diaryl/α,β-unsaturated/α-hetero) is 1. The van der Waals surface area contributed by atoms with Crippen molar-refractivity contribution in [3.05, 3.63) is 54.1 Å².